The van der Waals surface area contributed by atoms with Crippen molar-refractivity contribution in [3.8, 4) is 0 Å². The van der Waals surface area contributed by atoms with E-state index in [9.17, 15) is 0 Å². The second-order valence-electron chi connectivity index (χ2n) is 2.82. The molecule has 0 aliphatic rings. The zero-order valence-corrected chi connectivity index (χ0v) is 10.8. The van der Waals surface area contributed by atoms with Gasteiger partial charge in [0.25, 0.3) is 0 Å². The Balaban J connectivity index is 0.000000980. The van der Waals surface area contributed by atoms with Gasteiger partial charge in [0.2, 0.25) is 0 Å². The first-order chi connectivity index (χ1) is 6.20. The quantitative estimate of drug-likeness (QED) is 0.872. The largest absolute Gasteiger partial charge is 0.375 e. The molecular weight excluding hydrogens is 284 g/mol. The van der Waals surface area contributed by atoms with Crippen molar-refractivity contribution in [3.05, 3.63) is 22.2 Å². The lowest BCUT2D eigenvalue weighted by molar-refractivity contribution is 1.15. The lowest BCUT2D eigenvalue weighted by Crippen LogP contribution is -1.84. The number of anilines is 1. The van der Waals surface area contributed by atoms with Crippen LogP contribution >= 0.6 is 39.7 Å². The molecule has 0 radical (unpaired) electrons. The number of thiazole rings is 1. The minimum atomic E-state index is 0. The predicted molar refractivity (Wildman–Crippen MR) is 68.4 cm³/mol. The smallest absolute Gasteiger partial charge is 0.181 e. The van der Waals surface area contributed by atoms with Gasteiger partial charge < -0.3 is 5.73 Å². The normalized spacial score (nSPS) is 10.1. The molecule has 1 aromatic heterocycles. The van der Waals surface area contributed by atoms with E-state index in [0.29, 0.717) is 5.13 Å². The maximum Gasteiger partial charge on any atom is 0.181 e. The first-order valence-electron chi connectivity index (χ1n) is 4.05. The van der Waals surface area contributed by atoms with Crippen molar-refractivity contribution in [3.63, 3.8) is 0 Å². The number of nitrogen functional groups attached to an aromatic ring is 1. The summed E-state index contributed by atoms with van der Waals surface area (Å²) in [6.07, 6.45) is 0.985. The molecular formula is C9H10BrClN2S. The molecule has 5 heteroatoms. The molecule has 0 aliphatic carbocycles. The SMILES string of the molecule is CCc1cc(Br)cc2sc(N)nc12.Cl. The molecule has 0 bridgehead atoms. The molecule has 0 amide bonds. The summed E-state index contributed by atoms with van der Waals surface area (Å²) in [5.41, 5.74) is 7.95. The summed E-state index contributed by atoms with van der Waals surface area (Å²) in [6, 6.07) is 4.16. The topological polar surface area (TPSA) is 38.9 Å². The summed E-state index contributed by atoms with van der Waals surface area (Å²) in [4.78, 5) is 4.30. The summed E-state index contributed by atoms with van der Waals surface area (Å²) < 4.78 is 2.25. The van der Waals surface area contributed by atoms with Crippen LogP contribution < -0.4 is 5.73 Å². The predicted octanol–water partition coefficient (Wildman–Crippen LogP) is 3.63. The van der Waals surface area contributed by atoms with Gasteiger partial charge in [0.05, 0.1) is 10.2 Å². The van der Waals surface area contributed by atoms with Crippen LogP contribution in [0.15, 0.2) is 16.6 Å². The molecule has 0 unspecified atom stereocenters. The number of rotatable bonds is 1. The van der Waals surface area contributed by atoms with Crippen LogP contribution in [0.5, 0.6) is 0 Å². The molecule has 0 spiro atoms. The van der Waals surface area contributed by atoms with Crippen LogP contribution in [0.1, 0.15) is 12.5 Å². The van der Waals surface area contributed by atoms with Crippen molar-refractivity contribution in [2.24, 2.45) is 0 Å². The summed E-state index contributed by atoms with van der Waals surface area (Å²) in [5, 5.41) is 0.641. The molecule has 76 valence electrons. The Labute approximate surface area is 101 Å². The first-order valence-corrected chi connectivity index (χ1v) is 5.66. The number of halogens is 2. The maximum atomic E-state index is 5.66. The minimum Gasteiger partial charge on any atom is -0.375 e. The number of nitrogens with zero attached hydrogens (tertiary/aromatic N) is 1. The molecule has 1 heterocycles. The molecule has 0 fully saturated rings. The van der Waals surface area contributed by atoms with E-state index < -0.39 is 0 Å². The molecule has 2 N–H and O–H groups in total. The second-order valence-corrected chi connectivity index (χ2v) is 4.80. The number of aromatic nitrogens is 1. The lowest BCUT2D eigenvalue weighted by Gasteiger charge is -1.98. The Kier molecular flexibility index (Phi) is 3.75. The Morgan fingerprint density at radius 1 is 1.50 bits per heavy atom. The fraction of sp³-hybridized carbons (Fsp3) is 0.222. The second kappa shape index (κ2) is 4.47. The van der Waals surface area contributed by atoms with Gasteiger partial charge in [0.15, 0.2) is 5.13 Å². The minimum absolute atomic E-state index is 0. The van der Waals surface area contributed by atoms with Gasteiger partial charge in [0.1, 0.15) is 0 Å². The summed E-state index contributed by atoms with van der Waals surface area (Å²) in [7, 11) is 0. The third-order valence-electron chi connectivity index (χ3n) is 1.94. The van der Waals surface area contributed by atoms with Gasteiger partial charge >= 0.3 is 0 Å². The Hall–Kier alpha value is -0.320. The summed E-state index contributed by atoms with van der Waals surface area (Å²) in [5.74, 6) is 0. The standard InChI is InChI=1S/C9H9BrN2S.ClH/c1-2-5-3-6(10)4-7-8(5)12-9(11)13-7;/h3-4H,2H2,1H3,(H2,11,12);1H. The third-order valence-corrected chi connectivity index (χ3v) is 3.23. The van der Waals surface area contributed by atoms with E-state index in [2.05, 4.69) is 40.0 Å². The maximum absolute atomic E-state index is 5.66. The lowest BCUT2D eigenvalue weighted by atomic mass is 10.1. The number of benzene rings is 1. The highest BCUT2D eigenvalue weighted by Crippen LogP contribution is 2.30. The Morgan fingerprint density at radius 2 is 2.21 bits per heavy atom. The van der Waals surface area contributed by atoms with E-state index in [4.69, 9.17) is 5.73 Å². The fourth-order valence-corrected chi connectivity index (χ4v) is 2.83. The van der Waals surface area contributed by atoms with Gasteiger partial charge in [-0.1, -0.05) is 34.2 Å². The number of nitrogens with two attached hydrogens (primary N) is 1. The molecule has 2 aromatic rings. The Morgan fingerprint density at radius 3 is 2.86 bits per heavy atom. The molecule has 0 atom stereocenters. The molecule has 2 nitrogen and oxygen atoms in total. The molecule has 2 rings (SSSR count). The van der Waals surface area contributed by atoms with Crippen LogP contribution in [0.2, 0.25) is 0 Å². The number of hydrogen-bond donors (Lipinski definition) is 1. The van der Waals surface area contributed by atoms with Crippen LogP contribution in [-0.2, 0) is 6.42 Å². The van der Waals surface area contributed by atoms with Crippen LogP contribution in [0.4, 0.5) is 5.13 Å². The van der Waals surface area contributed by atoms with Gasteiger partial charge in [0, 0.05) is 4.47 Å². The van der Waals surface area contributed by atoms with Crippen molar-refractivity contribution in [1.82, 2.24) is 4.98 Å². The third kappa shape index (κ3) is 2.02. The zero-order valence-electron chi connectivity index (χ0n) is 7.58. The van der Waals surface area contributed by atoms with Gasteiger partial charge in [-0.3, -0.25) is 0 Å². The van der Waals surface area contributed by atoms with Crippen molar-refractivity contribution in [2.45, 2.75) is 13.3 Å². The summed E-state index contributed by atoms with van der Waals surface area (Å²) >= 11 is 5.00. The summed E-state index contributed by atoms with van der Waals surface area (Å²) in [6.45, 7) is 2.12. The van der Waals surface area contributed by atoms with E-state index >= 15 is 0 Å². The Bertz CT molecular complexity index is 455. The molecule has 0 saturated carbocycles. The molecule has 0 saturated heterocycles. The highest BCUT2D eigenvalue weighted by molar-refractivity contribution is 9.10. The van der Waals surface area contributed by atoms with E-state index in [-0.39, 0.29) is 12.4 Å². The van der Waals surface area contributed by atoms with Gasteiger partial charge in [-0.15, -0.1) is 12.4 Å². The van der Waals surface area contributed by atoms with Gasteiger partial charge in [-0.2, -0.15) is 0 Å². The monoisotopic (exact) mass is 292 g/mol. The van der Waals surface area contributed by atoms with Crippen molar-refractivity contribution in [1.29, 1.82) is 0 Å². The van der Waals surface area contributed by atoms with Crippen LogP contribution in [0.3, 0.4) is 0 Å². The number of fused-ring (bicyclic) bond motifs is 1. The highest BCUT2D eigenvalue weighted by atomic mass is 79.9. The van der Waals surface area contributed by atoms with E-state index in [0.717, 1.165) is 21.1 Å². The van der Waals surface area contributed by atoms with Gasteiger partial charge in [-0.25, -0.2) is 4.98 Å². The van der Waals surface area contributed by atoms with E-state index in [1.54, 1.807) is 0 Å². The van der Waals surface area contributed by atoms with Crippen LogP contribution in [0, 0.1) is 0 Å². The van der Waals surface area contributed by atoms with Crippen molar-refractivity contribution >= 4 is 55.0 Å². The average molecular weight is 294 g/mol. The van der Waals surface area contributed by atoms with Crippen molar-refractivity contribution in [2.75, 3.05) is 5.73 Å². The zero-order chi connectivity index (χ0) is 9.42. The van der Waals surface area contributed by atoms with E-state index in [1.165, 1.54) is 16.9 Å². The van der Waals surface area contributed by atoms with Crippen molar-refractivity contribution < 1.29 is 0 Å². The molecule has 1 aromatic carbocycles. The molecule has 0 aliphatic heterocycles. The molecule has 14 heavy (non-hydrogen) atoms. The first kappa shape index (κ1) is 11.8. The number of hydrogen-bond acceptors (Lipinski definition) is 3. The number of aryl methyl sites for hydroxylation is 1. The highest BCUT2D eigenvalue weighted by Gasteiger charge is 2.06. The van der Waals surface area contributed by atoms with E-state index in [1.807, 2.05) is 0 Å². The van der Waals surface area contributed by atoms with Crippen LogP contribution in [0.25, 0.3) is 10.2 Å². The average Bonchev–Trinajstić information content (AvgIpc) is 2.43. The fourth-order valence-electron chi connectivity index (χ4n) is 1.35. The van der Waals surface area contributed by atoms with Gasteiger partial charge in [-0.05, 0) is 24.1 Å². The van der Waals surface area contributed by atoms with Crippen LogP contribution in [-0.4, -0.2) is 4.98 Å².